The van der Waals surface area contributed by atoms with Gasteiger partial charge in [-0.1, -0.05) is 30.0 Å². The standard InChI is InChI=1S/C21H18FNO2S/c1-13-19(15(3)24)14(2)23(17-7-5-4-6-8-17)21(25)20(13)26-18-11-9-16(22)10-12-18/h4-12H,1-3H3. The number of rotatable bonds is 4. The van der Waals surface area contributed by atoms with Crippen LogP contribution in [-0.4, -0.2) is 10.4 Å². The lowest BCUT2D eigenvalue weighted by Gasteiger charge is -2.18. The van der Waals surface area contributed by atoms with Crippen LogP contribution in [0.1, 0.15) is 28.5 Å². The Morgan fingerprint density at radius 3 is 2.19 bits per heavy atom. The highest BCUT2D eigenvalue weighted by atomic mass is 32.2. The molecule has 3 rings (SSSR count). The van der Waals surface area contributed by atoms with E-state index in [0.717, 1.165) is 4.90 Å². The van der Waals surface area contributed by atoms with Crippen molar-refractivity contribution in [3.8, 4) is 5.69 Å². The molecule has 0 saturated heterocycles. The molecule has 5 heteroatoms. The Balaban J connectivity index is 2.27. The van der Waals surface area contributed by atoms with Gasteiger partial charge in [0.25, 0.3) is 5.56 Å². The molecule has 0 aliphatic carbocycles. The number of para-hydroxylation sites is 1. The van der Waals surface area contributed by atoms with Gasteiger partial charge in [0, 0.05) is 21.8 Å². The highest BCUT2D eigenvalue weighted by Gasteiger charge is 2.21. The van der Waals surface area contributed by atoms with Gasteiger partial charge in [0.2, 0.25) is 0 Å². The number of hydrogen-bond acceptors (Lipinski definition) is 3. The molecule has 3 aromatic rings. The van der Waals surface area contributed by atoms with E-state index < -0.39 is 0 Å². The number of ketones is 1. The van der Waals surface area contributed by atoms with Crippen molar-refractivity contribution >= 4 is 17.5 Å². The SMILES string of the molecule is CC(=O)c1c(C)c(Sc2ccc(F)cc2)c(=O)n(-c2ccccc2)c1C. The van der Waals surface area contributed by atoms with Crippen LogP contribution in [0.5, 0.6) is 0 Å². The molecule has 0 unspecified atom stereocenters. The number of carbonyl (C=O) groups excluding carboxylic acids is 1. The lowest BCUT2D eigenvalue weighted by molar-refractivity contribution is 0.101. The van der Waals surface area contributed by atoms with Crippen LogP contribution < -0.4 is 5.56 Å². The van der Waals surface area contributed by atoms with E-state index in [1.165, 1.54) is 30.8 Å². The molecule has 132 valence electrons. The first kappa shape index (κ1) is 18.1. The second-order valence-corrected chi connectivity index (χ2v) is 7.09. The van der Waals surface area contributed by atoms with E-state index in [0.29, 0.717) is 27.4 Å². The highest BCUT2D eigenvalue weighted by Crippen LogP contribution is 2.31. The number of Topliss-reactive ketones (excluding diaryl/α,β-unsaturated/α-hetero) is 1. The molecule has 1 heterocycles. The Morgan fingerprint density at radius 2 is 1.62 bits per heavy atom. The van der Waals surface area contributed by atoms with Crippen molar-refractivity contribution in [2.45, 2.75) is 30.6 Å². The first-order valence-corrected chi connectivity index (χ1v) is 8.97. The van der Waals surface area contributed by atoms with Crippen LogP contribution in [0.15, 0.2) is 69.2 Å². The fourth-order valence-electron chi connectivity index (χ4n) is 3.06. The molecule has 0 fully saturated rings. The van der Waals surface area contributed by atoms with Crippen LogP contribution >= 0.6 is 11.8 Å². The molecule has 2 aromatic carbocycles. The maximum atomic E-state index is 13.2. The van der Waals surface area contributed by atoms with Gasteiger partial charge in [0.15, 0.2) is 5.78 Å². The van der Waals surface area contributed by atoms with Crippen LogP contribution in [0.2, 0.25) is 0 Å². The van der Waals surface area contributed by atoms with E-state index in [-0.39, 0.29) is 17.2 Å². The zero-order valence-electron chi connectivity index (χ0n) is 14.7. The normalized spacial score (nSPS) is 10.8. The number of halogens is 1. The Kier molecular flexibility index (Phi) is 5.09. The first-order chi connectivity index (χ1) is 12.4. The highest BCUT2D eigenvalue weighted by molar-refractivity contribution is 7.99. The third-order valence-corrected chi connectivity index (χ3v) is 5.40. The molecule has 0 aliphatic heterocycles. The van der Waals surface area contributed by atoms with Crippen LogP contribution in [0.25, 0.3) is 5.69 Å². The Morgan fingerprint density at radius 1 is 1.00 bits per heavy atom. The van der Waals surface area contributed by atoms with Gasteiger partial charge < -0.3 is 0 Å². The zero-order valence-corrected chi connectivity index (χ0v) is 15.6. The minimum Gasteiger partial charge on any atom is -0.294 e. The van der Waals surface area contributed by atoms with Crippen molar-refractivity contribution in [1.82, 2.24) is 4.57 Å². The van der Waals surface area contributed by atoms with Crippen molar-refractivity contribution in [3.63, 3.8) is 0 Å². The summed E-state index contributed by atoms with van der Waals surface area (Å²) in [6.07, 6.45) is 0. The van der Waals surface area contributed by atoms with E-state index in [2.05, 4.69) is 0 Å². The minimum atomic E-state index is -0.332. The molecule has 0 spiro atoms. The van der Waals surface area contributed by atoms with Crippen molar-refractivity contribution in [2.24, 2.45) is 0 Å². The number of pyridine rings is 1. The zero-order chi connectivity index (χ0) is 18.8. The molecule has 3 nitrogen and oxygen atoms in total. The lowest BCUT2D eigenvalue weighted by atomic mass is 10.0. The van der Waals surface area contributed by atoms with Crippen molar-refractivity contribution < 1.29 is 9.18 Å². The maximum Gasteiger partial charge on any atom is 0.269 e. The number of nitrogens with zero attached hydrogens (tertiary/aromatic N) is 1. The van der Waals surface area contributed by atoms with Crippen molar-refractivity contribution in [1.29, 1.82) is 0 Å². The van der Waals surface area contributed by atoms with E-state index in [9.17, 15) is 14.0 Å². The smallest absolute Gasteiger partial charge is 0.269 e. The minimum absolute atomic E-state index is 0.0920. The summed E-state index contributed by atoms with van der Waals surface area (Å²) >= 11 is 1.25. The van der Waals surface area contributed by atoms with Gasteiger partial charge in [-0.15, -0.1) is 0 Å². The van der Waals surface area contributed by atoms with Gasteiger partial charge in [-0.2, -0.15) is 0 Å². The van der Waals surface area contributed by atoms with Gasteiger partial charge in [0.1, 0.15) is 5.82 Å². The molecular weight excluding hydrogens is 349 g/mol. The fourth-order valence-corrected chi connectivity index (χ4v) is 4.00. The number of carbonyl (C=O) groups is 1. The van der Waals surface area contributed by atoms with E-state index in [1.807, 2.05) is 30.3 Å². The number of benzene rings is 2. The van der Waals surface area contributed by atoms with Crippen molar-refractivity contribution in [3.05, 3.63) is 87.6 Å². The van der Waals surface area contributed by atoms with Crippen LogP contribution in [0.4, 0.5) is 4.39 Å². The molecule has 0 bridgehead atoms. The summed E-state index contributed by atoms with van der Waals surface area (Å²) in [5.74, 6) is -0.424. The second-order valence-electron chi connectivity index (χ2n) is 6.00. The molecule has 0 amide bonds. The fraction of sp³-hybridized carbons (Fsp3) is 0.143. The lowest BCUT2D eigenvalue weighted by Crippen LogP contribution is -2.26. The van der Waals surface area contributed by atoms with Gasteiger partial charge in [0.05, 0.1) is 4.90 Å². The molecule has 0 N–H and O–H groups in total. The maximum absolute atomic E-state index is 13.2. The van der Waals surface area contributed by atoms with Gasteiger partial charge in [-0.3, -0.25) is 14.2 Å². The Bertz CT molecular complexity index is 1020. The number of hydrogen-bond donors (Lipinski definition) is 0. The summed E-state index contributed by atoms with van der Waals surface area (Å²) in [5.41, 5.74) is 2.33. The third-order valence-electron chi connectivity index (χ3n) is 4.21. The van der Waals surface area contributed by atoms with Crippen LogP contribution in [0.3, 0.4) is 0 Å². The van der Waals surface area contributed by atoms with Gasteiger partial charge >= 0.3 is 0 Å². The molecule has 0 atom stereocenters. The second kappa shape index (κ2) is 7.30. The summed E-state index contributed by atoms with van der Waals surface area (Å²) in [4.78, 5) is 26.7. The predicted octanol–water partition coefficient (Wildman–Crippen LogP) is 4.95. The third kappa shape index (κ3) is 3.35. The molecule has 0 radical (unpaired) electrons. The Labute approximate surface area is 155 Å². The van der Waals surface area contributed by atoms with E-state index in [1.54, 1.807) is 30.5 Å². The average molecular weight is 367 g/mol. The molecular formula is C21H18FNO2S. The van der Waals surface area contributed by atoms with Crippen LogP contribution in [-0.2, 0) is 0 Å². The summed E-state index contributed by atoms with van der Waals surface area (Å²) in [6, 6.07) is 15.2. The average Bonchev–Trinajstić information content (AvgIpc) is 2.61. The number of aromatic nitrogens is 1. The van der Waals surface area contributed by atoms with Gasteiger partial charge in [-0.05, 0) is 62.7 Å². The summed E-state index contributed by atoms with van der Waals surface area (Å²) in [6.45, 7) is 5.07. The summed E-state index contributed by atoms with van der Waals surface area (Å²) in [5, 5.41) is 0. The predicted molar refractivity (Wildman–Crippen MR) is 102 cm³/mol. The molecule has 0 saturated carbocycles. The van der Waals surface area contributed by atoms with Crippen LogP contribution in [0, 0.1) is 19.7 Å². The largest absolute Gasteiger partial charge is 0.294 e. The first-order valence-electron chi connectivity index (χ1n) is 8.16. The quantitative estimate of drug-likeness (QED) is 0.613. The molecule has 1 aromatic heterocycles. The monoisotopic (exact) mass is 367 g/mol. The summed E-state index contributed by atoms with van der Waals surface area (Å²) in [7, 11) is 0. The van der Waals surface area contributed by atoms with E-state index in [4.69, 9.17) is 0 Å². The van der Waals surface area contributed by atoms with Crippen molar-refractivity contribution in [2.75, 3.05) is 0 Å². The topological polar surface area (TPSA) is 39.1 Å². The Hall–Kier alpha value is -2.66. The summed E-state index contributed by atoms with van der Waals surface area (Å²) < 4.78 is 14.7. The molecule has 0 aliphatic rings. The molecule has 26 heavy (non-hydrogen) atoms. The van der Waals surface area contributed by atoms with E-state index >= 15 is 0 Å². The van der Waals surface area contributed by atoms with Gasteiger partial charge in [-0.25, -0.2) is 4.39 Å².